The van der Waals surface area contributed by atoms with Crippen LogP contribution < -0.4 is 11.1 Å². The average molecular weight is 281 g/mol. The van der Waals surface area contributed by atoms with Crippen molar-refractivity contribution in [1.82, 2.24) is 0 Å². The molecule has 1 fully saturated rings. The van der Waals surface area contributed by atoms with Crippen LogP contribution >= 0.6 is 11.6 Å². The zero-order valence-corrected chi connectivity index (χ0v) is 12.0. The molecule has 3 atom stereocenters. The molecule has 0 heterocycles. The average Bonchev–Trinajstić information content (AvgIpc) is 2.37. The van der Waals surface area contributed by atoms with Crippen LogP contribution in [0.5, 0.6) is 0 Å². The van der Waals surface area contributed by atoms with Crippen LogP contribution in [0.15, 0.2) is 24.3 Å². The number of rotatable bonds is 4. The molecule has 2 rings (SSSR count). The monoisotopic (exact) mass is 280 g/mol. The fourth-order valence-electron chi connectivity index (χ4n) is 2.93. The first-order valence-electron chi connectivity index (χ1n) is 6.87. The SMILES string of the molecule is CC1CCCC(C(Nc2ccc(Cl)cc2)C(N)=O)C1. The number of halogens is 1. The number of anilines is 1. The van der Waals surface area contributed by atoms with E-state index in [-0.39, 0.29) is 11.9 Å². The predicted molar refractivity (Wildman–Crippen MR) is 79.2 cm³/mol. The van der Waals surface area contributed by atoms with E-state index in [9.17, 15) is 4.79 Å². The van der Waals surface area contributed by atoms with Crippen molar-refractivity contribution in [2.24, 2.45) is 17.6 Å². The Morgan fingerprint density at radius 3 is 2.63 bits per heavy atom. The van der Waals surface area contributed by atoms with E-state index in [4.69, 9.17) is 17.3 Å². The Hall–Kier alpha value is -1.22. The highest BCUT2D eigenvalue weighted by molar-refractivity contribution is 6.30. The van der Waals surface area contributed by atoms with Gasteiger partial charge in [0.05, 0.1) is 0 Å². The zero-order valence-electron chi connectivity index (χ0n) is 11.2. The first-order valence-corrected chi connectivity index (χ1v) is 7.25. The number of nitrogens with two attached hydrogens (primary N) is 1. The largest absolute Gasteiger partial charge is 0.373 e. The molecule has 1 aliphatic carbocycles. The third kappa shape index (κ3) is 3.87. The normalized spacial score (nSPS) is 24.7. The summed E-state index contributed by atoms with van der Waals surface area (Å²) >= 11 is 5.86. The Balaban J connectivity index is 2.07. The second kappa shape index (κ2) is 6.29. The van der Waals surface area contributed by atoms with E-state index in [2.05, 4.69) is 12.2 Å². The fourth-order valence-corrected chi connectivity index (χ4v) is 3.06. The Labute approximate surface area is 119 Å². The third-order valence-electron chi connectivity index (χ3n) is 3.92. The van der Waals surface area contributed by atoms with E-state index in [1.807, 2.05) is 24.3 Å². The molecule has 0 saturated heterocycles. The van der Waals surface area contributed by atoms with E-state index in [1.54, 1.807) is 0 Å². The van der Waals surface area contributed by atoms with Crippen molar-refractivity contribution in [2.45, 2.75) is 38.6 Å². The molecule has 0 bridgehead atoms. The Kier molecular flexibility index (Phi) is 4.70. The van der Waals surface area contributed by atoms with Crippen LogP contribution in [0.1, 0.15) is 32.6 Å². The summed E-state index contributed by atoms with van der Waals surface area (Å²) in [5.74, 6) is 0.735. The highest BCUT2D eigenvalue weighted by Gasteiger charge is 2.30. The standard InChI is InChI=1S/C15H21ClN2O/c1-10-3-2-4-11(9-10)14(15(17)19)18-13-7-5-12(16)6-8-13/h5-8,10-11,14,18H,2-4,9H2,1H3,(H2,17,19). The molecule has 4 heteroatoms. The summed E-state index contributed by atoms with van der Waals surface area (Å²) in [7, 11) is 0. The maximum atomic E-state index is 11.7. The van der Waals surface area contributed by atoms with Gasteiger partial charge in [0.1, 0.15) is 6.04 Å². The Bertz CT molecular complexity index is 432. The van der Waals surface area contributed by atoms with E-state index in [1.165, 1.54) is 12.8 Å². The van der Waals surface area contributed by atoms with Crippen LogP contribution in [0.25, 0.3) is 0 Å². The van der Waals surface area contributed by atoms with Gasteiger partial charge >= 0.3 is 0 Å². The van der Waals surface area contributed by atoms with Gasteiger partial charge in [-0.25, -0.2) is 0 Å². The van der Waals surface area contributed by atoms with E-state index in [0.717, 1.165) is 18.5 Å². The van der Waals surface area contributed by atoms with Gasteiger partial charge in [-0.2, -0.15) is 0 Å². The number of primary amides is 1. The molecule has 0 radical (unpaired) electrons. The number of carbonyl (C=O) groups is 1. The van der Waals surface area contributed by atoms with E-state index < -0.39 is 0 Å². The second-order valence-corrected chi connectivity index (χ2v) is 6.00. The van der Waals surface area contributed by atoms with Crippen LogP contribution in [0.2, 0.25) is 5.02 Å². The lowest BCUT2D eigenvalue weighted by Crippen LogP contribution is -2.43. The van der Waals surface area contributed by atoms with Crippen LogP contribution in [0.3, 0.4) is 0 Å². The quantitative estimate of drug-likeness (QED) is 0.888. The van der Waals surface area contributed by atoms with Crippen molar-refractivity contribution in [3.8, 4) is 0 Å². The number of amides is 1. The molecule has 0 spiro atoms. The van der Waals surface area contributed by atoms with Crippen molar-refractivity contribution in [3.05, 3.63) is 29.3 Å². The minimum Gasteiger partial charge on any atom is -0.373 e. The summed E-state index contributed by atoms with van der Waals surface area (Å²) in [4.78, 5) is 11.7. The molecule has 3 unspecified atom stereocenters. The van der Waals surface area contributed by atoms with Gasteiger partial charge in [-0.15, -0.1) is 0 Å². The maximum Gasteiger partial charge on any atom is 0.240 e. The molecule has 3 nitrogen and oxygen atoms in total. The summed E-state index contributed by atoms with van der Waals surface area (Å²) in [6.45, 7) is 2.24. The molecule has 3 N–H and O–H groups in total. The number of carbonyl (C=O) groups excluding carboxylic acids is 1. The van der Waals surface area contributed by atoms with Gasteiger partial charge in [-0.3, -0.25) is 4.79 Å². The summed E-state index contributed by atoms with van der Waals surface area (Å²) < 4.78 is 0. The van der Waals surface area contributed by atoms with Crippen LogP contribution in [0, 0.1) is 11.8 Å². The first kappa shape index (κ1) is 14.2. The van der Waals surface area contributed by atoms with Gasteiger partial charge in [-0.05, 0) is 48.9 Å². The number of hydrogen-bond acceptors (Lipinski definition) is 2. The Morgan fingerprint density at radius 1 is 1.37 bits per heavy atom. The van der Waals surface area contributed by atoms with Gasteiger partial charge in [0.25, 0.3) is 0 Å². The van der Waals surface area contributed by atoms with Crippen molar-refractivity contribution < 1.29 is 4.79 Å². The highest BCUT2D eigenvalue weighted by Crippen LogP contribution is 2.32. The minimum absolute atomic E-state index is 0.269. The molecule has 0 aromatic heterocycles. The summed E-state index contributed by atoms with van der Waals surface area (Å²) in [6.07, 6.45) is 4.56. The molecular formula is C15H21ClN2O. The van der Waals surface area contributed by atoms with E-state index >= 15 is 0 Å². The van der Waals surface area contributed by atoms with Gasteiger partial charge in [0.15, 0.2) is 0 Å². The van der Waals surface area contributed by atoms with Crippen LogP contribution in [-0.2, 0) is 4.79 Å². The fraction of sp³-hybridized carbons (Fsp3) is 0.533. The van der Waals surface area contributed by atoms with E-state index in [0.29, 0.717) is 16.9 Å². The molecule has 104 valence electrons. The predicted octanol–water partition coefficient (Wildman–Crippen LogP) is 3.43. The molecule has 1 aromatic carbocycles. The summed E-state index contributed by atoms with van der Waals surface area (Å²) in [6, 6.07) is 7.09. The van der Waals surface area contributed by atoms with Gasteiger partial charge in [-0.1, -0.05) is 31.4 Å². The van der Waals surface area contributed by atoms with Gasteiger partial charge in [0.2, 0.25) is 5.91 Å². The maximum absolute atomic E-state index is 11.7. The lowest BCUT2D eigenvalue weighted by molar-refractivity contribution is -0.120. The Morgan fingerprint density at radius 2 is 2.05 bits per heavy atom. The van der Waals surface area contributed by atoms with Crippen molar-refractivity contribution in [1.29, 1.82) is 0 Å². The topological polar surface area (TPSA) is 55.1 Å². The number of hydrogen-bond donors (Lipinski definition) is 2. The smallest absolute Gasteiger partial charge is 0.240 e. The molecule has 19 heavy (non-hydrogen) atoms. The molecule has 0 aliphatic heterocycles. The van der Waals surface area contributed by atoms with Crippen LogP contribution in [-0.4, -0.2) is 11.9 Å². The van der Waals surface area contributed by atoms with Crippen molar-refractivity contribution in [3.63, 3.8) is 0 Å². The first-order chi connectivity index (χ1) is 9.06. The summed E-state index contributed by atoms with van der Waals surface area (Å²) in [5, 5.41) is 3.95. The lowest BCUT2D eigenvalue weighted by Gasteiger charge is -2.32. The molecule has 1 amide bonds. The van der Waals surface area contributed by atoms with Crippen LogP contribution in [0.4, 0.5) is 5.69 Å². The molecular weight excluding hydrogens is 260 g/mol. The second-order valence-electron chi connectivity index (χ2n) is 5.56. The van der Waals surface area contributed by atoms with Crippen molar-refractivity contribution >= 4 is 23.2 Å². The third-order valence-corrected chi connectivity index (χ3v) is 4.17. The molecule has 1 aromatic rings. The highest BCUT2D eigenvalue weighted by atomic mass is 35.5. The number of benzene rings is 1. The molecule has 1 aliphatic rings. The number of nitrogens with one attached hydrogen (secondary N) is 1. The minimum atomic E-state index is -0.288. The van der Waals surface area contributed by atoms with Gasteiger partial charge in [0, 0.05) is 10.7 Å². The summed E-state index contributed by atoms with van der Waals surface area (Å²) in [5.41, 5.74) is 6.46. The lowest BCUT2D eigenvalue weighted by atomic mass is 9.78. The van der Waals surface area contributed by atoms with Crippen molar-refractivity contribution in [2.75, 3.05) is 5.32 Å². The zero-order chi connectivity index (χ0) is 13.8. The molecule has 1 saturated carbocycles. The van der Waals surface area contributed by atoms with Gasteiger partial charge < -0.3 is 11.1 Å².